The van der Waals surface area contributed by atoms with Crippen LogP contribution < -0.4 is 10.6 Å². The minimum absolute atomic E-state index is 0.00750. The van der Waals surface area contributed by atoms with E-state index in [4.69, 9.17) is 4.74 Å². The second kappa shape index (κ2) is 9.51. The summed E-state index contributed by atoms with van der Waals surface area (Å²) in [6, 6.07) is 6.05. The highest BCUT2D eigenvalue weighted by atomic mass is 16.5. The first-order chi connectivity index (χ1) is 14.3. The van der Waals surface area contributed by atoms with Crippen LogP contribution in [0.1, 0.15) is 48.5 Å². The summed E-state index contributed by atoms with van der Waals surface area (Å²) in [6.45, 7) is 0.777. The smallest absolute Gasteiger partial charge is 0.326 e. The number of benzene rings is 1. The molecule has 0 aromatic heterocycles. The van der Waals surface area contributed by atoms with E-state index in [1.54, 1.807) is 24.3 Å². The largest absolute Gasteiger partial charge is 0.454 e. The molecule has 1 aliphatic carbocycles. The predicted molar refractivity (Wildman–Crippen MR) is 105 cm³/mol. The average Bonchev–Trinajstić information content (AvgIpc) is 2.71. The number of nitrogens with one attached hydrogen (secondary N) is 2. The van der Waals surface area contributed by atoms with Gasteiger partial charge in [0.1, 0.15) is 6.54 Å². The lowest BCUT2D eigenvalue weighted by Gasteiger charge is -2.29. The molecule has 0 radical (unpaired) electrons. The van der Waals surface area contributed by atoms with E-state index in [9.17, 15) is 24.0 Å². The molecular formula is C21H25N3O6. The molecule has 2 N–H and O–H groups in total. The van der Waals surface area contributed by atoms with E-state index in [2.05, 4.69) is 17.6 Å². The minimum atomic E-state index is -0.910. The van der Waals surface area contributed by atoms with Crippen molar-refractivity contribution in [1.29, 1.82) is 0 Å². The van der Waals surface area contributed by atoms with Crippen molar-refractivity contribution in [3.63, 3.8) is 0 Å². The maximum Gasteiger partial charge on any atom is 0.326 e. The fourth-order valence-corrected chi connectivity index (χ4v) is 3.78. The lowest BCUT2D eigenvalue weighted by Crippen LogP contribution is -2.49. The molecule has 30 heavy (non-hydrogen) atoms. The number of nitrogens with zero attached hydrogens (tertiary/aromatic N) is 1. The van der Waals surface area contributed by atoms with Crippen LogP contribution in [0, 0.1) is 5.92 Å². The summed E-state index contributed by atoms with van der Waals surface area (Å²) in [5, 5.41) is 4.89. The van der Waals surface area contributed by atoms with Gasteiger partial charge >= 0.3 is 12.0 Å². The van der Waals surface area contributed by atoms with E-state index in [0.29, 0.717) is 17.0 Å². The van der Waals surface area contributed by atoms with Crippen LogP contribution in [0.15, 0.2) is 24.3 Å². The maximum atomic E-state index is 12.4. The summed E-state index contributed by atoms with van der Waals surface area (Å²) in [5.41, 5.74) is 0.964. The third-order valence-corrected chi connectivity index (χ3v) is 5.47. The number of carbonyl (C=O) groups excluding carboxylic acids is 5. The predicted octanol–water partition coefficient (Wildman–Crippen LogP) is 1.16. The number of rotatable bonds is 5. The van der Waals surface area contributed by atoms with Crippen molar-refractivity contribution in [2.75, 3.05) is 13.2 Å². The van der Waals surface area contributed by atoms with Crippen molar-refractivity contribution in [1.82, 2.24) is 15.5 Å². The molecule has 5 amide bonds. The van der Waals surface area contributed by atoms with Crippen LogP contribution in [0.5, 0.6) is 0 Å². The standard InChI is InChI=1S/C21H25N3O6/c1-13-6-2-5-9-16(13)22-21(29)23-17(25)12-30-19(27)11-24-18(26)10-14-7-3-4-8-15(14)20(24)28/h3-4,7-8,13,16H,2,5-6,9-12H2,1H3,(H2,22,23,25,29)/t13-,16-/m1/s1. The van der Waals surface area contributed by atoms with Crippen LogP contribution in [0.2, 0.25) is 0 Å². The molecule has 1 aliphatic heterocycles. The Morgan fingerprint density at radius 3 is 2.63 bits per heavy atom. The van der Waals surface area contributed by atoms with E-state index in [1.165, 1.54) is 0 Å². The van der Waals surface area contributed by atoms with Crippen LogP contribution in [0.25, 0.3) is 0 Å². The van der Waals surface area contributed by atoms with Crippen molar-refractivity contribution >= 4 is 29.7 Å². The Hall–Kier alpha value is -3.23. The van der Waals surface area contributed by atoms with Gasteiger partial charge in [-0.05, 0) is 30.4 Å². The number of esters is 1. The van der Waals surface area contributed by atoms with Crippen molar-refractivity contribution in [3.05, 3.63) is 35.4 Å². The topological polar surface area (TPSA) is 122 Å². The fraction of sp³-hybridized carbons (Fsp3) is 0.476. The van der Waals surface area contributed by atoms with Crippen molar-refractivity contribution < 1.29 is 28.7 Å². The molecule has 9 nitrogen and oxygen atoms in total. The van der Waals surface area contributed by atoms with Crippen LogP contribution >= 0.6 is 0 Å². The fourth-order valence-electron chi connectivity index (χ4n) is 3.78. The van der Waals surface area contributed by atoms with Gasteiger partial charge in [0.15, 0.2) is 6.61 Å². The molecule has 2 atom stereocenters. The quantitative estimate of drug-likeness (QED) is 0.550. The van der Waals surface area contributed by atoms with E-state index in [-0.39, 0.29) is 12.5 Å². The Morgan fingerprint density at radius 1 is 1.13 bits per heavy atom. The summed E-state index contributed by atoms with van der Waals surface area (Å²) in [6.07, 6.45) is 4.05. The highest BCUT2D eigenvalue weighted by Gasteiger charge is 2.32. The number of hydrogen-bond acceptors (Lipinski definition) is 6. The Labute approximate surface area is 174 Å². The number of urea groups is 1. The van der Waals surface area contributed by atoms with E-state index < -0.39 is 42.9 Å². The molecule has 0 bridgehead atoms. The molecule has 9 heteroatoms. The lowest BCUT2D eigenvalue weighted by atomic mass is 9.86. The van der Waals surface area contributed by atoms with Gasteiger partial charge in [0.2, 0.25) is 5.91 Å². The Balaban J connectivity index is 1.44. The van der Waals surface area contributed by atoms with Gasteiger partial charge in [-0.25, -0.2) is 4.79 Å². The number of imide groups is 2. The molecule has 0 unspecified atom stereocenters. The second-order valence-electron chi connectivity index (χ2n) is 7.67. The minimum Gasteiger partial charge on any atom is -0.454 e. The second-order valence-corrected chi connectivity index (χ2v) is 7.67. The number of ether oxygens (including phenoxy) is 1. The van der Waals surface area contributed by atoms with Gasteiger partial charge in [0.05, 0.1) is 6.42 Å². The average molecular weight is 415 g/mol. The Morgan fingerprint density at radius 2 is 1.87 bits per heavy atom. The summed E-state index contributed by atoms with van der Waals surface area (Å²) in [4.78, 5) is 61.2. The van der Waals surface area contributed by atoms with Gasteiger partial charge in [-0.2, -0.15) is 0 Å². The molecule has 1 aromatic carbocycles. The van der Waals surface area contributed by atoms with E-state index in [1.807, 2.05) is 0 Å². The zero-order valence-corrected chi connectivity index (χ0v) is 16.8. The Bertz CT molecular complexity index is 868. The number of fused-ring (bicyclic) bond motifs is 1. The van der Waals surface area contributed by atoms with Crippen molar-refractivity contribution in [2.24, 2.45) is 5.92 Å². The van der Waals surface area contributed by atoms with Crippen molar-refractivity contribution in [2.45, 2.75) is 45.1 Å². The molecule has 1 heterocycles. The number of amides is 5. The third kappa shape index (κ3) is 5.22. The molecular weight excluding hydrogens is 390 g/mol. The van der Waals surface area contributed by atoms with Gasteiger partial charge in [-0.3, -0.25) is 29.4 Å². The van der Waals surface area contributed by atoms with Gasteiger partial charge in [0.25, 0.3) is 11.8 Å². The molecule has 1 fully saturated rings. The zero-order valence-electron chi connectivity index (χ0n) is 16.8. The van der Waals surface area contributed by atoms with Gasteiger partial charge in [0, 0.05) is 11.6 Å². The molecule has 160 valence electrons. The molecule has 0 saturated heterocycles. The van der Waals surface area contributed by atoms with Crippen LogP contribution in [0.4, 0.5) is 4.79 Å². The number of hydrogen-bond donors (Lipinski definition) is 2. The van der Waals surface area contributed by atoms with Gasteiger partial charge in [-0.1, -0.05) is 38.0 Å². The highest BCUT2D eigenvalue weighted by molar-refractivity contribution is 6.11. The van der Waals surface area contributed by atoms with E-state index >= 15 is 0 Å². The zero-order chi connectivity index (χ0) is 21.7. The Kier molecular flexibility index (Phi) is 6.81. The first-order valence-corrected chi connectivity index (χ1v) is 10.0. The first kappa shape index (κ1) is 21.5. The summed E-state index contributed by atoms with van der Waals surface area (Å²) in [7, 11) is 0. The van der Waals surface area contributed by atoms with E-state index in [0.717, 1.165) is 30.6 Å². The van der Waals surface area contributed by atoms with Crippen LogP contribution in [-0.4, -0.2) is 53.8 Å². The van der Waals surface area contributed by atoms with Crippen molar-refractivity contribution in [3.8, 4) is 0 Å². The first-order valence-electron chi connectivity index (χ1n) is 10.0. The van der Waals surface area contributed by atoms with Gasteiger partial charge in [-0.15, -0.1) is 0 Å². The normalized spacial score (nSPS) is 20.9. The summed E-state index contributed by atoms with van der Waals surface area (Å²) < 4.78 is 4.83. The third-order valence-electron chi connectivity index (χ3n) is 5.47. The summed E-state index contributed by atoms with van der Waals surface area (Å²) in [5.74, 6) is -2.45. The molecule has 2 aliphatic rings. The lowest BCUT2D eigenvalue weighted by molar-refractivity contribution is -0.151. The molecule has 3 rings (SSSR count). The highest BCUT2D eigenvalue weighted by Crippen LogP contribution is 2.23. The van der Waals surface area contributed by atoms with Gasteiger partial charge < -0.3 is 10.1 Å². The SMILES string of the molecule is C[C@@H]1CCCC[C@H]1NC(=O)NC(=O)COC(=O)CN1C(=O)Cc2ccccc2C1=O. The monoisotopic (exact) mass is 415 g/mol. The molecule has 1 aromatic rings. The molecule has 0 spiro atoms. The molecule has 1 saturated carbocycles. The summed E-state index contributed by atoms with van der Waals surface area (Å²) >= 11 is 0. The van der Waals surface area contributed by atoms with Crippen LogP contribution in [-0.2, 0) is 25.5 Å². The maximum absolute atomic E-state index is 12.4. The van der Waals surface area contributed by atoms with Crippen LogP contribution in [0.3, 0.4) is 0 Å². The number of carbonyl (C=O) groups is 5.